The van der Waals surface area contributed by atoms with Gasteiger partial charge in [-0.3, -0.25) is 0 Å². The number of nitrogens with one attached hydrogen (secondary N) is 1. The molecule has 0 radical (unpaired) electrons. The maximum atomic E-state index is 12.0. The molecule has 0 unspecified atom stereocenters. The van der Waals surface area contributed by atoms with E-state index < -0.39 is 6.67 Å². The first-order valence-corrected chi connectivity index (χ1v) is 4.63. The highest BCUT2D eigenvalue weighted by molar-refractivity contribution is 7.80. The van der Waals surface area contributed by atoms with E-state index in [9.17, 15) is 4.39 Å². The van der Waals surface area contributed by atoms with E-state index in [4.69, 9.17) is 18.0 Å². The largest absolute Gasteiger partial charge is 0.389 e. The van der Waals surface area contributed by atoms with Gasteiger partial charge in [-0.2, -0.15) is 0 Å². The van der Waals surface area contributed by atoms with Crippen molar-refractivity contribution in [2.45, 2.75) is 6.92 Å². The molecule has 3 nitrogen and oxygen atoms in total. The van der Waals surface area contributed by atoms with E-state index in [2.05, 4.69) is 10.3 Å². The number of hydrogen-bond acceptors (Lipinski definition) is 3. The monoisotopic (exact) mass is 213 g/mol. The van der Waals surface area contributed by atoms with Crippen molar-refractivity contribution in [1.29, 1.82) is 0 Å². The van der Waals surface area contributed by atoms with Crippen molar-refractivity contribution in [2.24, 2.45) is 5.73 Å². The highest BCUT2D eigenvalue weighted by Gasteiger charge is 2.05. The van der Waals surface area contributed by atoms with Crippen LogP contribution in [0, 0.1) is 6.92 Å². The fourth-order valence-electron chi connectivity index (χ4n) is 1.06. The first-order valence-electron chi connectivity index (χ1n) is 4.22. The van der Waals surface area contributed by atoms with Crippen molar-refractivity contribution in [3.05, 3.63) is 23.4 Å². The summed E-state index contributed by atoms with van der Waals surface area (Å²) in [6.45, 7) is 1.61. The van der Waals surface area contributed by atoms with Gasteiger partial charge in [0.15, 0.2) is 0 Å². The lowest BCUT2D eigenvalue weighted by atomic mass is 10.2. The SMILES string of the molecule is Cc1ccc(C(N)=S)c(NCCF)n1. The third-order valence-corrected chi connectivity index (χ3v) is 1.91. The summed E-state index contributed by atoms with van der Waals surface area (Å²) < 4.78 is 12.0. The lowest BCUT2D eigenvalue weighted by Gasteiger charge is -2.09. The fraction of sp³-hybridized carbons (Fsp3) is 0.333. The van der Waals surface area contributed by atoms with Crippen LogP contribution >= 0.6 is 12.2 Å². The Morgan fingerprint density at radius 2 is 2.36 bits per heavy atom. The topological polar surface area (TPSA) is 50.9 Å². The van der Waals surface area contributed by atoms with E-state index >= 15 is 0 Å². The second-order valence-electron chi connectivity index (χ2n) is 2.83. The van der Waals surface area contributed by atoms with Gasteiger partial charge < -0.3 is 11.1 Å². The van der Waals surface area contributed by atoms with E-state index in [0.29, 0.717) is 11.4 Å². The number of alkyl halides is 1. The maximum Gasteiger partial charge on any atom is 0.136 e. The fourth-order valence-corrected chi connectivity index (χ4v) is 1.22. The van der Waals surface area contributed by atoms with Crippen LogP contribution < -0.4 is 11.1 Å². The van der Waals surface area contributed by atoms with Crippen molar-refractivity contribution in [1.82, 2.24) is 4.98 Å². The van der Waals surface area contributed by atoms with Crippen molar-refractivity contribution in [3.8, 4) is 0 Å². The number of anilines is 1. The Kier molecular flexibility index (Phi) is 3.76. The Labute approximate surface area is 87.5 Å². The zero-order valence-corrected chi connectivity index (χ0v) is 8.70. The minimum absolute atomic E-state index is 0.214. The number of rotatable bonds is 4. The van der Waals surface area contributed by atoms with Crippen molar-refractivity contribution >= 4 is 23.0 Å². The Balaban J connectivity index is 2.97. The van der Waals surface area contributed by atoms with Crippen LogP contribution in [0.2, 0.25) is 0 Å². The summed E-state index contributed by atoms with van der Waals surface area (Å²) >= 11 is 4.85. The predicted molar refractivity (Wildman–Crippen MR) is 59.3 cm³/mol. The molecule has 0 amide bonds. The molecule has 0 aliphatic carbocycles. The molecular weight excluding hydrogens is 201 g/mol. The zero-order chi connectivity index (χ0) is 10.6. The molecule has 0 saturated carbocycles. The van der Waals surface area contributed by atoms with Gasteiger partial charge in [0.2, 0.25) is 0 Å². The van der Waals surface area contributed by atoms with Crippen LogP contribution in [0.4, 0.5) is 10.2 Å². The van der Waals surface area contributed by atoms with Gasteiger partial charge in [0.25, 0.3) is 0 Å². The van der Waals surface area contributed by atoms with E-state index in [1.807, 2.05) is 13.0 Å². The minimum atomic E-state index is -0.452. The van der Waals surface area contributed by atoms with Gasteiger partial charge in [-0.1, -0.05) is 12.2 Å². The normalized spacial score (nSPS) is 9.86. The number of pyridine rings is 1. The van der Waals surface area contributed by atoms with Gasteiger partial charge in [0.1, 0.15) is 17.5 Å². The van der Waals surface area contributed by atoms with E-state index in [1.165, 1.54) is 0 Å². The molecule has 0 saturated heterocycles. The highest BCUT2D eigenvalue weighted by atomic mass is 32.1. The van der Waals surface area contributed by atoms with Gasteiger partial charge in [0.05, 0.1) is 5.56 Å². The van der Waals surface area contributed by atoms with Crippen LogP contribution in [0.3, 0.4) is 0 Å². The Morgan fingerprint density at radius 1 is 1.64 bits per heavy atom. The van der Waals surface area contributed by atoms with Crippen molar-refractivity contribution < 1.29 is 4.39 Å². The summed E-state index contributed by atoms with van der Waals surface area (Å²) in [6, 6.07) is 3.60. The maximum absolute atomic E-state index is 12.0. The molecule has 0 spiro atoms. The molecule has 0 aliphatic rings. The first kappa shape index (κ1) is 10.8. The number of nitrogens with two attached hydrogens (primary N) is 1. The lowest BCUT2D eigenvalue weighted by Crippen LogP contribution is -2.15. The van der Waals surface area contributed by atoms with Crippen LogP contribution in [-0.2, 0) is 0 Å². The summed E-state index contributed by atoms with van der Waals surface area (Å²) in [5.41, 5.74) is 6.99. The lowest BCUT2D eigenvalue weighted by molar-refractivity contribution is 0.512. The van der Waals surface area contributed by atoms with Crippen molar-refractivity contribution in [3.63, 3.8) is 0 Å². The van der Waals surface area contributed by atoms with Gasteiger partial charge in [0, 0.05) is 12.2 Å². The minimum Gasteiger partial charge on any atom is -0.389 e. The average molecular weight is 213 g/mol. The number of nitrogens with zero attached hydrogens (tertiary/aromatic N) is 1. The molecule has 3 N–H and O–H groups in total. The second-order valence-corrected chi connectivity index (χ2v) is 3.27. The number of halogens is 1. The molecule has 0 atom stereocenters. The Hall–Kier alpha value is -1.23. The van der Waals surface area contributed by atoms with E-state index in [1.54, 1.807) is 6.07 Å². The molecule has 0 aliphatic heterocycles. The van der Waals surface area contributed by atoms with Crippen LogP contribution in [-0.4, -0.2) is 23.2 Å². The highest BCUT2D eigenvalue weighted by Crippen LogP contribution is 2.12. The second kappa shape index (κ2) is 4.85. The third-order valence-electron chi connectivity index (χ3n) is 1.69. The Bertz CT molecular complexity index is 341. The third kappa shape index (κ3) is 2.63. The molecule has 0 fully saturated rings. The summed E-state index contributed by atoms with van der Waals surface area (Å²) in [4.78, 5) is 4.45. The summed E-state index contributed by atoms with van der Waals surface area (Å²) in [5.74, 6) is 0.551. The number of aryl methyl sites for hydroxylation is 1. The van der Waals surface area contributed by atoms with Gasteiger partial charge in [-0.05, 0) is 19.1 Å². The quantitative estimate of drug-likeness (QED) is 0.742. The molecule has 14 heavy (non-hydrogen) atoms. The molecule has 1 heterocycles. The van der Waals surface area contributed by atoms with Crippen LogP contribution in [0.1, 0.15) is 11.3 Å². The molecule has 1 aromatic rings. The summed E-state index contributed by atoms with van der Waals surface area (Å²) in [5, 5.41) is 2.83. The van der Waals surface area contributed by atoms with Crippen LogP contribution in [0.25, 0.3) is 0 Å². The summed E-state index contributed by atoms with van der Waals surface area (Å²) in [7, 11) is 0. The van der Waals surface area contributed by atoms with Gasteiger partial charge in [-0.15, -0.1) is 0 Å². The molecule has 1 aromatic heterocycles. The van der Waals surface area contributed by atoms with Gasteiger partial charge >= 0.3 is 0 Å². The first-order chi connectivity index (χ1) is 6.65. The molecule has 76 valence electrons. The molecule has 1 rings (SSSR count). The smallest absolute Gasteiger partial charge is 0.136 e. The Morgan fingerprint density at radius 3 is 2.93 bits per heavy atom. The van der Waals surface area contributed by atoms with E-state index in [-0.39, 0.29) is 11.5 Å². The average Bonchev–Trinajstić information content (AvgIpc) is 2.14. The molecular formula is C9H12FN3S. The number of aromatic nitrogens is 1. The van der Waals surface area contributed by atoms with Crippen LogP contribution in [0.15, 0.2) is 12.1 Å². The summed E-state index contributed by atoms with van der Waals surface area (Å²) in [6.07, 6.45) is 0. The number of thiocarbonyl (C=S) groups is 1. The van der Waals surface area contributed by atoms with E-state index in [0.717, 1.165) is 5.69 Å². The van der Waals surface area contributed by atoms with Gasteiger partial charge in [-0.25, -0.2) is 9.37 Å². The molecule has 0 aromatic carbocycles. The molecule has 5 heteroatoms. The zero-order valence-electron chi connectivity index (χ0n) is 7.88. The standard InChI is InChI=1S/C9H12FN3S/c1-6-2-3-7(8(11)14)9(13-6)12-5-4-10/h2-3H,4-5H2,1H3,(H2,11,14)(H,12,13). The molecule has 0 bridgehead atoms. The van der Waals surface area contributed by atoms with Crippen molar-refractivity contribution in [2.75, 3.05) is 18.5 Å². The predicted octanol–water partition coefficient (Wildman–Crippen LogP) is 1.41. The number of hydrogen-bond donors (Lipinski definition) is 2. The van der Waals surface area contributed by atoms with Crippen LogP contribution in [0.5, 0.6) is 0 Å².